The Labute approximate surface area is 249 Å². The van der Waals surface area contributed by atoms with Crippen LogP contribution >= 0.6 is 11.3 Å². The maximum atomic E-state index is 13.8. The molecule has 0 radical (unpaired) electrons. The number of likely N-dealkylation sites (N-methyl/N-ethyl adjacent to an activating group) is 1. The van der Waals surface area contributed by atoms with Gasteiger partial charge in [0.1, 0.15) is 11.1 Å². The molecule has 0 bridgehead atoms. The van der Waals surface area contributed by atoms with Gasteiger partial charge in [-0.1, -0.05) is 25.1 Å². The predicted molar refractivity (Wildman–Crippen MR) is 164 cm³/mol. The van der Waals surface area contributed by atoms with Crippen LogP contribution in [0, 0.1) is 5.92 Å². The van der Waals surface area contributed by atoms with E-state index in [1.165, 1.54) is 11.3 Å². The number of para-hydroxylation sites is 1. The summed E-state index contributed by atoms with van der Waals surface area (Å²) in [6.45, 7) is 5.43. The van der Waals surface area contributed by atoms with Crippen molar-refractivity contribution in [3.63, 3.8) is 0 Å². The minimum atomic E-state index is -0.379. The Morgan fingerprint density at radius 2 is 1.93 bits per heavy atom. The number of carbonyl (C=O) groups excluding carboxylic acids is 2. The van der Waals surface area contributed by atoms with Crippen LogP contribution in [0.2, 0.25) is 0 Å². The molecular formula is C32H35N5O4S. The van der Waals surface area contributed by atoms with E-state index in [0.717, 1.165) is 16.1 Å². The molecule has 5 rings (SSSR count). The van der Waals surface area contributed by atoms with E-state index in [0.29, 0.717) is 42.2 Å². The molecule has 1 aliphatic rings. The highest BCUT2D eigenvalue weighted by molar-refractivity contribution is 7.13. The number of ether oxygens (including phenoxy) is 1. The van der Waals surface area contributed by atoms with Crippen molar-refractivity contribution >= 4 is 28.8 Å². The standard InChI is InChI=1S/C32H35N5O4S/c1-21-17-37(22(2)20-38)32(40)26-5-4-6-27(29(26)41-28(21)19-36(3)18-23-11-13-33-14-12-23)35-30(39)24-7-9-25(10-8-24)31-34-15-16-42-31/h4-16,21-22,28,38H,17-20H2,1-3H3,(H,35,39)/t21-,22-,28-/m0/s1. The summed E-state index contributed by atoms with van der Waals surface area (Å²) in [5.41, 5.74) is 3.31. The van der Waals surface area contributed by atoms with Crippen LogP contribution in [0.4, 0.5) is 5.69 Å². The largest absolute Gasteiger partial charge is 0.486 e. The molecule has 2 amide bonds. The van der Waals surface area contributed by atoms with E-state index in [9.17, 15) is 14.7 Å². The quantitative estimate of drug-likeness (QED) is 0.290. The lowest BCUT2D eigenvalue weighted by Gasteiger charge is -2.38. The molecule has 3 atom stereocenters. The van der Waals surface area contributed by atoms with Crippen molar-refractivity contribution in [2.24, 2.45) is 5.92 Å². The van der Waals surface area contributed by atoms with Crippen molar-refractivity contribution in [3.8, 4) is 16.3 Å². The summed E-state index contributed by atoms with van der Waals surface area (Å²) in [5, 5.41) is 15.7. The van der Waals surface area contributed by atoms with Gasteiger partial charge in [-0.05, 0) is 55.9 Å². The number of nitrogens with zero attached hydrogens (tertiary/aromatic N) is 4. The van der Waals surface area contributed by atoms with Gasteiger partial charge in [-0.15, -0.1) is 11.3 Å². The third-order valence-electron chi connectivity index (χ3n) is 7.46. The van der Waals surface area contributed by atoms with Gasteiger partial charge in [0.15, 0.2) is 5.75 Å². The van der Waals surface area contributed by atoms with Gasteiger partial charge in [-0.2, -0.15) is 0 Å². The molecule has 1 aliphatic heterocycles. The summed E-state index contributed by atoms with van der Waals surface area (Å²) in [5.74, 6) is -0.282. The monoisotopic (exact) mass is 585 g/mol. The molecule has 0 aliphatic carbocycles. The first-order valence-electron chi connectivity index (χ1n) is 13.9. The molecule has 0 saturated heterocycles. The Kier molecular flexibility index (Phi) is 9.26. The molecule has 0 unspecified atom stereocenters. The normalized spacial score (nSPS) is 17.6. The Bertz CT molecular complexity index is 1500. The van der Waals surface area contributed by atoms with Crippen molar-refractivity contribution in [1.82, 2.24) is 19.8 Å². The van der Waals surface area contributed by atoms with Crippen molar-refractivity contribution in [2.75, 3.05) is 32.1 Å². The van der Waals surface area contributed by atoms with Crippen LogP contribution in [0.5, 0.6) is 5.75 Å². The van der Waals surface area contributed by atoms with E-state index < -0.39 is 0 Å². The molecule has 0 spiro atoms. The smallest absolute Gasteiger partial charge is 0.258 e. The highest BCUT2D eigenvalue weighted by Gasteiger charge is 2.34. The van der Waals surface area contributed by atoms with Crippen LogP contribution in [-0.2, 0) is 6.54 Å². The van der Waals surface area contributed by atoms with Gasteiger partial charge in [-0.3, -0.25) is 19.5 Å². The average Bonchev–Trinajstić information content (AvgIpc) is 3.55. The molecule has 0 fully saturated rings. The second kappa shape index (κ2) is 13.2. The van der Waals surface area contributed by atoms with Crippen LogP contribution in [0.3, 0.4) is 0 Å². The van der Waals surface area contributed by atoms with Crippen LogP contribution in [0.25, 0.3) is 10.6 Å². The van der Waals surface area contributed by atoms with E-state index in [1.807, 2.05) is 50.5 Å². The zero-order valence-corrected chi connectivity index (χ0v) is 24.8. The number of hydrogen-bond donors (Lipinski definition) is 2. The number of fused-ring (bicyclic) bond motifs is 1. The summed E-state index contributed by atoms with van der Waals surface area (Å²) in [6, 6.07) is 16.0. The summed E-state index contributed by atoms with van der Waals surface area (Å²) in [4.78, 5) is 39.4. The van der Waals surface area contributed by atoms with Crippen molar-refractivity contribution in [2.45, 2.75) is 32.5 Å². The Morgan fingerprint density at radius 3 is 2.62 bits per heavy atom. The second-order valence-electron chi connectivity index (χ2n) is 10.7. The van der Waals surface area contributed by atoms with Gasteiger partial charge < -0.3 is 20.1 Å². The molecular weight excluding hydrogens is 550 g/mol. The number of aliphatic hydroxyl groups excluding tert-OH is 1. The third kappa shape index (κ3) is 6.67. The number of aliphatic hydroxyl groups is 1. The number of hydrogen-bond acceptors (Lipinski definition) is 8. The minimum absolute atomic E-state index is 0.0573. The average molecular weight is 586 g/mol. The Morgan fingerprint density at radius 1 is 1.17 bits per heavy atom. The first-order valence-corrected chi connectivity index (χ1v) is 14.8. The highest BCUT2D eigenvalue weighted by atomic mass is 32.1. The molecule has 4 aromatic rings. The number of amides is 2. The predicted octanol–water partition coefficient (Wildman–Crippen LogP) is 4.81. The number of nitrogens with one attached hydrogen (secondary N) is 1. The van der Waals surface area contributed by atoms with Gasteiger partial charge in [0.05, 0.1) is 23.9 Å². The lowest BCUT2D eigenvalue weighted by Crippen LogP contribution is -2.49. The topological polar surface area (TPSA) is 108 Å². The van der Waals surface area contributed by atoms with E-state index >= 15 is 0 Å². The van der Waals surface area contributed by atoms with Gasteiger partial charge >= 0.3 is 0 Å². The zero-order valence-electron chi connectivity index (χ0n) is 23.9. The van der Waals surface area contributed by atoms with Crippen molar-refractivity contribution in [1.29, 1.82) is 0 Å². The van der Waals surface area contributed by atoms with Crippen molar-refractivity contribution in [3.05, 3.63) is 95.3 Å². The molecule has 218 valence electrons. The summed E-state index contributed by atoms with van der Waals surface area (Å²) in [7, 11) is 2.03. The number of aromatic nitrogens is 2. The summed E-state index contributed by atoms with van der Waals surface area (Å²) >= 11 is 1.53. The maximum Gasteiger partial charge on any atom is 0.258 e. The lowest BCUT2D eigenvalue weighted by molar-refractivity contribution is 0.0343. The molecule has 2 aromatic heterocycles. The number of carbonyl (C=O) groups is 2. The Balaban J connectivity index is 1.43. The molecule has 0 saturated carbocycles. The molecule has 3 heterocycles. The first-order chi connectivity index (χ1) is 20.3. The second-order valence-corrected chi connectivity index (χ2v) is 11.6. The molecule has 2 N–H and O–H groups in total. The lowest BCUT2D eigenvalue weighted by atomic mass is 9.98. The van der Waals surface area contributed by atoms with Gasteiger partial charge in [-0.25, -0.2) is 4.98 Å². The fraction of sp³-hybridized carbons (Fsp3) is 0.312. The van der Waals surface area contributed by atoms with E-state index in [1.54, 1.807) is 53.8 Å². The number of pyridine rings is 1. The summed E-state index contributed by atoms with van der Waals surface area (Å²) < 4.78 is 6.64. The number of rotatable bonds is 9. The molecule has 42 heavy (non-hydrogen) atoms. The maximum absolute atomic E-state index is 13.8. The van der Waals surface area contributed by atoms with Crippen LogP contribution in [0.15, 0.2) is 78.6 Å². The van der Waals surface area contributed by atoms with E-state index in [4.69, 9.17) is 4.74 Å². The minimum Gasteiger partial charge on any atom is -0.486 e. The summed E-state index contributed by atoms with van der Waals surface area (Å²) in [6.07, 6.45) is 5.00. The zero-order chi connectivity index (χ0) is 29.6. The molecule has 10 heteroatoms. The Hall–Kier alpha value is -4.12. The number of anilines is 1. The van der Waals surface area contributed by atoms with Gasteiger partial charge in [0.25, 0.3) is 11.8 Å². The van der Waals surface area contributed by atoms with Gasteiger partial charge in [0, 0.05) is 60.6 Å². The SMILES string of the molecule is C[C@H]1CN([C@@H](C)CO)C(=O)c2cccc(NC(=O)c3ccc(-c4nccs4)cc3)c2O[C@H]1CN(C)Cc1ccncc1. The van der Waals surface area contributed by atoms with Crippen LogP contribution in [0.1, 0.15) is 40.1 Å². The fourth-order valence-electron chi connectivity index (χ4n) is 5.06. The van der Waals surface area contributed by atoms with Crippen LogP contribution < -0.4 is 10.1 Å². The highest BCUT2D eigenvalue weighted by Crippen LogP contribution is 2.35. The number of benzene rings is 2. The third-order valence-corrected chi connectivity index (χ3v) is 8.28. The van der Waals surface area contributed by atoms with Gasteiger partial charge in [0.2, 0.25) is 0 Å². The van der Waals surface area contributed by atoms with E-state index in [2.05, 4.69) is 20.2 Å². The molecule has 9 nitrogen and oxygen atoms in total. The van der Waals surface area contributed by atoms with Crippen LogP contribution in [-0.4, -0.2) is 75.6 Å². The first kappa shape index (κ1) is 29.4. The van der Waals surface area contributed by atoms with E-state index in [-0.39, 0.29) is 36.5 Å². The number of thiazole rings is 1. The fourth-order valence-corrected chi connectivity index (χ4v) is 5.70. The van der Waals surface area contributed by atoms with Crippen molar-refractivity contribution < 1.29 is 19.4 Å². The molecule has 2 aromatic carbocycles.